The first-order valence-electron chi connectivity index (χ1n) is 8.66. The lowest BCUT2D eigenvalue weighted by Crippen LogP contribution is -2.13. The smallest absolute Gasteiger partial charge is 0.341 e. The van der Waals surface area contributed by atoms with Crippen molar-refractivity contribution in [3.63, 3.8) is 0 Å². The highest BCUT2D eigenvalue weighted by molar-refractivity contribution is 6.23. The van der Waals surface area contributed by atoms with Crippen molar-refractivity contribution in [2.75, 3.05) is 14.2 Å². The summed E-state index contributed by atoms with van der Waals surface area (Å²) in [4.78, 5) is 38.0. The molecule has 4 aromatic rings. The number of methoxy groups -OCH3 is 2. The van der Waals surface area contributed by atoms with Gasteiger partial charge in [-0.1, -0.05) is 42.5 Å². The summed E-state index contributed by atoms with van der Waals surface area (Å²) < 4.78 is 11.5. The van der Waals surface area contributed by atoms with E-state index in [4.69, 9.17) is 9.47 Å². The van der Waals surface area contributed by atoms with Crippen LogP contribution in [0.4, 0.5) is 0 Å². The molecule has 140 valence electrons. The van der Waals surface area contributed by atoms with E-state index in [1.54, 1.807) is 4.40 Å². The van der Waals surface area contributed by atoms with Gasteiger partial charge >= 0.3 is 11.9 Å². The van der Waals surface area contributed by atoms with Gasteiger partial charge in [0.1, 0.15) is 16.8 Å². The van der Waals surface area contributed by atoms with Crippen LogP contribution in [0, 0.1) is 0 Å². The molecule has 0 amide bonds. The summed E-state index contributed by atoms with van der Waals surface area (Å²) >= 11 is 0. The summed E-state index contributed by atoms with van der Waals surface area (Å²) in [5.41, 5.74) is 1.21. The second kappa shape index (κ2) is 6.49. The number of hydrogen-bond acceptors (Lipinski definition) is 5. The van der Waals surface area contributed by atoms with Crippen molar-refractivity contribution in [1.82, 2.24) is 4.40 Å². The van der Waals surface area contributed by atoms with Crippen molar-refractivity contribution in [1.29, 1.82) is 0 Å². The molecule has 0 N–H and O–H groups in total. The largest absolute Gasteiger partial charge is 0.465 e. The Balaban J connectivity index is 2.44. The lowest BCUT2D eigenvalue weighted by Gasteiger charge is -2.11. The number of nitrogens with zero attached hydrogens (tertiary/aromatic N) is 1. The van der Waals surface area contributed by atoms with E-state index in [1.165, 1.54) is 21.1 Å². The molecule has 2 aromatic heterocycles. The summed E-state index contributed by atoms with van der Waals surface area (Å²) in [5, 5.41) is 2.54. The molecule has 0 bridgehead atoms. The van der Waals surface area contributed by atoms with E-state index < -0.39 is 11.9 Å². The number of esters is 2. The number of rotatable bonds is 3. The third-order valence-corrected chi connectivity index (χ3v) is 4.90. The number of ether oxygens (including phenoxy) is 2. The Kier molecular flexibility index (Phi) is 4.11. The average Bonchev–Trinajstić information content (AvgIpc) is 3.09. The Morgan fingerprint density at radius 1 is 0.750 bits per heavy atom. The van der Waals surface area contributed by atoms with Crippen LogP contribution in [0.15, 0.2) is 48.5 Å². The van der Waals surface area contributed by atoms with Crippen LogP contribution in [-0.4, -0.2) is 36.3 Å². The van der Waals surface area contributed by atoms with Gasteiger partial charge in [0, 0.05) is 17.7 Å². The number of carbonyl (C=O) groups excluding carboxylic acids is 3. The van der Waals surface area contributed by atoms with Gasteiger partial charge in [-0.25, -0.2) is 9.59 Å². The quantitative estimate of drug-likeness (QED) is 0.307. The molecule has 0 aliphatic rings. The Hall–Kier alpha value is -3.67. The first-order valence-corrected chi connectivity index (χ1v) is 8.66. The Morgan fingerprint density at radius 2 is 1.29 bits per heavy atom. The van der Waals surface area contributed by atoms with Gasteiger partial charge in [-0.05, 0) is 11.5 Å². The van der Waals surface area contributed by atoms with Gasteiger partial charge in [0.05, 0.1) is 25.3 Å². The monoisotopic (exact) mass is 375 g/mol. The number of ketones is 1. The molecule has 4 rings (SSSR count). The SMILES string of the molecule is COC(=O)c1c(C(=O)OC)c2c3ccccc3c3ccccc3n2c1C(C)=O. The zero-order valence-corrected chi connectivity index (χ0v) is 15.6. The predicted molar refractivity (Wildman–Crippen MR) is 105 cm³/mol. The molecule has 2 heterocycles. The van der Waals surface area contributed by atoms with Crippen molar-refractivity contribution >= 4 is 44.9 Å². The molecular formula is C22H17NO5. The van der Waals surface area contributed by atoms with Gasteiger partial charge in [0.25, 0.3) is 0 Å². The maximum absolute atomic E-state index is 12.7. The summed E-state index contributed by atoms with van der Waals surface area (Å²) in [6.45, 7) is 1.36. The Bertz CT molecular complexity index is 1300. The first kappa shape index (κ1) is 17.7. The molecule has 6 heteroatoms. The Labute approximate surface area is 160 Å². The van der Waals surface area contributed by atoms with Crippen LogP contribution in [0.3, 0.4) is 0 Å². The van der Waals surface area contributed by atoms with Crippen LogP contribution in [0.1, 0.15) is 38.1 Å². The summed E-state index contributed by atoms with van der Waals surface area (Å²) in [6, 6.07) is 15.1. The third-order valence-electron chi connectivity index (χ3n) is 4.90. The molecule has 0 unspecified atom stereocenters. The molecular weight excluding hydrogens is 358 g/mol. The van der Waals surface area contributed by atoms with Crippen molar-refractivity contribution in [3.8, 4) is 0 Å². The van der Waals surface area contributed by atoms with Crippen LogP contribution in [0.2, 0.25) is 0 Å². The number of benzene rings is 2. The van der Waals surface area contributed by atoms with E-state index in [0.29, 0.717) is 11.0 Å². The average molecular weight is 375 g/mol. The number of para-hydroxylation sites is 1. The molecule has 0 aliphatic carbocycles. The van der Waals surface area contributed by atoms with Crippen LogP contribution in [0.25, 0.3) is 27.2 Å². The van der Waals surface area contributed by atoms with E-state index in [-0.39, 0.29) is 22.6 Å². The van der Waals surface area contributed by atoms with Gasteiger partial charge in [-0.3, -0.25) is 4.79 Å². The van der Waals surface area contributed by atoms with E-state index in [1.807, 2.05) is 48.5 Å². The Morgan fingerprint density at radius 3 is 1.89 bits per heavy atom. The van der Waals surface area contributed by atoms with E-state index in [9.17, 15) is 14.4 Å². The third kappa shape index (κ3) is 2.31. The highest BCUT2D eigenvalue weighted by Gasteiger charge is 2.33. The van der Waals surface area contributed by atoms with E-state index in [2.05, 4.69) is 0 Å². The van der Waals surface area contributed by atoms with Gasteiger partial charge < -0.3 is 13.9 Å². The van der Waals surface area contributed by atoms with Gasteiger partial charge in [-0.2, -0.15) is 0 Å². The molecule has 0 saturated heterocycles. The molecule has 0 fully saturated rings. The molecule has 2 aromatic carbocycles. The minimum Gasteiger partial charge on any atom is -0.465 e. The molecule has 0 atom stereocenters. The molecule has 0 spiro atoms. The standard InChI is InChI=1S/C22H17NO5/c1-12(24)19-17(21(25)27-2)18(22(26)28-3)20-15-10-5-4-8-13(15)14-9-6-7-11-16(14)23(19)20/h4-11H,1-3H3. The highest BCUT2D eigenvalue weighted by Crippen LogP contribution is 2.36. The van der Waals surface area contributed by atoms with Crippen LogP contribution >= 0.6 is 0 Å². The van der Waals surface area contributed by atoms with Crippen LogP contribution < -0.4 is 0 Å². The van der Waals surface area contributed by atoms with Crippen molar-refractivity contribution in [2.45, 2.75) is 6.92 Å². The lowest BCUT2D eigenvalue weighted by molar-refractivity contribution is 0.0556. The summed E-state index contributed by atoms with van der Waals surface area (Å²) in [6.07, 6.45) is 0. The zero-order valence-electron chi connectivity index (χ0n) is 15.6. The minimum absolute atomic E-state index is 0.0292. The fourth-order valence-electron chi connectivity index (χ4n) is 3.82. The first-order chi connectivity index (χ1) is 13.5. The second-order valence-corrected chi connectivity index (χ2v) is 6.38. The number of Topliss-reactive ketones (excluding diaryl/α,β-unsaturated/α-hetero) is 1. The highest BCUT2D eigenvalue weighted by atomic mass is 16.5. The molecule has 6 nitrogen and oxygen atoms in total. The maximum Gasteiger partial charge on any atom is 0.341 e. The zero-order chi connectivity index (χ0) is 20.0. The fourth-order valence-corrected chi connectivity index (χ4v) is 3.82. The molecule has 0 radical (unpaired) electrons. The number of aromatic nitrogens is 1. The van der Waals surface area contributed by atoms with E-state index >= 15 is 0 Å². The number of hydrogen-bond donors (Lipinski definition) is 0. The number of carbonyl (C=O) groups is 3. The molecule has 28 heavy (non-hydrogen) atoms. The molecule has 0 aliphatic heterocycles. The minimum atomic E-state index is -0.762. The second-order valence-electron chi connectivity index (χ2n) is 6.38. The normalized spacial score (nSPS) is 11.1. The topological polar surface area (TPSA) is 74.1 Å². The van der Waals surface area contributed by atoms with Crippen molar-refractivity contribution in [3.05, 3.63) is 65.4 Å². The number of fused-ring (bicyclic) bond motifs is 6. The van der Waals surface area contributed by atoms with Crippen LogP contribution in [0.5, 0.6) is 0 Å². The fraction of sp³-hybridized carbons (Fsp3) is 0.136. The van der Waals surface area contributed by atoms with Gasteiger partial charge in [0.2, 0.25) is 0 Å². The summed E-state index contributed by atoms with van der Waals surface area (Å²) in [7, 11) is 2.45. The van der Waals surface area contributed by atoms with Gasteiger partial charge in [-0.15, -0.1) is 0 Å². The predicted octanol–water partition coefficient (Wildman–Crippen LogP) is 4.02. The van der Waals surface area contributed by atoms with E-state index in [0.717, 1.165) is 16.2 Å². The lowest BCUT2D eigenvalue weighted by atomic mass is 10.0. The van der Waals surface area contributed by atoms with Gasteiger partial charge in [0.15, 0.2) is 5.78 Å². The van der Waals surface area contributed by atoms with Crippen molar-refractivity contribution < 1.29 is 23.9 Å². The summed E-state index contributed by atoms with van der Waals surface area (Å²) in [5.74, 6) is -1.82. The van der Waals surface area contributed by atoms with Crippen LogP contribution in [-0.2, 0) is 9.47 Å². The number of pyridine rings is 1. The van der Waals surface area contributed by atoms with Crippen molar-refractivity contribution in [2.24, 2.45) is 0 Å². The maximum atomic E-state index is 12.7. The molecule has 0 saturated carbocycles.